The molecule has 6 nitrogen and oxygen atoms in total. The van der Waals surface area contributed by atoms with Crippen LogP contribution in [0.1, 0.15) is 47.9 Å². The molecule has 0 saturated carbocycles. The van der Waals surface area contributed by atoms with E-state index in [-0.39, 0.29) is 64.5 Å². The molecule has 1 atom stereocenters. The summed E-state index contributed by atoms with van der Waals surface area (Å²) in [6.45, 7) is 0.638. The number of benzene rings is 1. The van der Waals surface area contributed by atoms with Gasteiger partial charge in [-0.15, -0.1) is 0 Å². The Morgan fingerprint density at radius 3 is 2.41 bits per heavy atom. The maximum Gasteiger partial charge on any atom is 1.00 e. The van der Waals surface area contributed by atoms with E-state index in [0.717, 1.165) is 55.3 Å². The number of halogens is 1. The van der Waals surface area contributed by atoms with Gasteiger partial charge in [-0.05, 0) is 85.9 Å². The van der Waals surface area contributed by atoms with Crippen molar-refractivity contribution >= 4 is 21.7 Å². The number of rotatable bonds is 5. The van der Waals surface area contributed by atoms with Crippen LogP contribution >= 0.6 is 0 Å². The Labute approximate surface area is 214 Å². The fraction of sp³-hybridized carbons (Fsp3) is 0.650. The van der Waals surface area contributed by atoms with Gasteiger partial charge in [0.1, 0.15) is 6.67 Å². The molecule has 1 fully saturated rings. The first kappa shape index (κ1) is 23.6. The second kappa shape index (κ2) is 10.1. The first-order chi connectivity index (χ1) is 13.5. The SMILES string of the molecule is O=C([N-]S(=O)(=O)C1CCCN(CCF)C1)Nc1c2c(cc3c1CCC3)CCC2.[K+]. The predicted octanol–water partition coefficient (Wildman–Crippen LogP) is 0.337. The first-order valence-electron chi connectivity index (χ1n) is 10.2. The summed E-state index contributed by atoms with van der Waals surface area (Å²) in [5.74, 6) is 0. The summed E-state index contributed by atoms with van der Waals surface area (Å²) in [5.41, 5.74) is 5.64. The van der Waals surface area contributed by atoms with Crippen molar-refractivity contribution < 1.29 is 69.0 Å². The zero-order chi connectivity index (χ0) is 19.7. The van der Waals surface area contributed by atoms with Crippen LogP contribution in [0.3, 0.4) is 0 Å². The number of likely N-dealkylation sites (tertiary alicyclic amines) is 1. The minimum Gasteiger partial charge on any atom is -0.423 e. The molecule has 29 heavy (non-hydrogen) atoms. The number of carbonyl (C=O) groups is 1. The van der Waals surface area contributed by atoms with Gasteiger partial charge in [-0.2, -0.15) is 0 Å². The summed E-state index contributed by atoms with van der Waals surface area (Å²) in [6, 6.07) is 1.45. The number of fused-ring (bicyclic) bond motifs is 2. The van der Waals surface area contributed by atoms with Gasteiger partial charge in [0.15, 0.2) is 16.1 Å². The Balaban J connectivity index is 0.00000240. The average molecular weight is 448 g/mol. The monoisotopic (exact) mass is 447 g/mol. The third-order valence-corrected chi connectivity index (χ3v) is 7.85. The third-order valence-electron chi connectivity index (χ3n) is 6.20. The number of aryl methyl sites for hydroxylation is 2. The maximum atomic E-state index is 12.7. The van der Waals surface area contributed by atoms with Crippen molar-refractivity contribution in [3.05, 3.63) is 33.0 Å². The van der Waals surface area contributed by atoms with Crippen molar-refractivity contribution in [3.63, 3.8) is 0 Å². The van der Waals surface area contributed by atoms with Crippen LogP contribution < -0.4 is 56.7 Å². The molecule has 1 aliphatic heterocycles. The molecule has 2 aliphatic carbocycles. The smallest absolute Gasteiger partial charge is 0.423 e. The number of urea groups is 1. The molecule has 9 heteroatoms. The Hall–Kier alpha value is -0.0336. The summed E-state index contributed by atoms with van der Waals surface area (Å²) < 4.78 is 41.5. The second-order valence-electron chi connectivity index (χ2n) is 8.02. The normalized spacial score (nSPS) is 21.2. The van der Waals surface area contributed by atoms with Gasteiger partial charge in [0.25, 0.3) is 0 Å². The zero-order valence-electron chi connectivity index (χ0n) is 17.0. The Morgan fingerprint density at radius 2 is 1.79 bits per heavy atom. The van der Waals surface area contributed by atoms with E-state index < -0.39 is 28.0 Å². The number of anilines is 1. The molecule has 1 aromatic rings. The number of amides is 2. The number of piperidine rings is 1. The quantitative estimate of drug-likeness (QED) is 0.660. The largest absolute Gasteiger partial charge is 1.00 e. The van der Waals surface area contributed by atoms with Crippen molar-refractivity contribution in [1.29, 1.82) is 0 Å². The Bertz CT molecular complexity index is 844. The number of sulfonamides is 1. The molecule has 1 unspecified atom stereocenters. The van der Waals surface area contributed by atoms with E-state index in [2.05, 4.69) is 16.1 Å². The van der Waals surface area contributed by atoms with Crippen LogP contribution in [-0.4, -0.2) is 50.9 Å². The Kier molecular flexibility index (Phi) is 8.19. The topological polar surface area (TPSA) is 80.6 Å². The van der Waals surface area contributed by atoms with Gasteiger partial charge in [0, 0.05) is 13.1 Å². The van der Waals surface area contributed by atoms with Gasteiger partial charge in [-0.3, -0.25) is 9.69 Å². The van der Waals surface area contributed by atoms with Crippen LogP contribution in [0.15, 0.2) is 6.07 Å². The standard InChI is InChI=1S/C20H28FN3O3S.K/c21-9-11-24-10-3-6-16(13-24)28(26,27)23-20(25)22-19-17-7-1-4-14(17)12-15-5-2-8-18(15)19;/h12,16H,1-11,13H2,(H2,22,23,25);/q;+1/p-1. The fourth-order valence-corrected chi connectivity index (χ4v) is 6.16. The number of alkyl halides is 1. The molecule has 3 aliphatic rings. The second-order valence-corrected chi connectivity index (χ2v) is 9.90. The van der Waals surface area contributed by atoms with Crippen LogP contribution in [0, 0.1) is 0 Å². The van der Waals surface area contributed by atoms with Crippen LogP contribution in [0.2, 0.25) is 0 Å². The van der Waals surface area contributed by atoms with E-state index in [4.69, 9.17) is 0 Å². The van der Waals surface area contributed by atoms with Crippen molar-refractivity contribution in [1.82, 2.24) is 4.90 Å². The maximum absolute atomic E-state index is 12.7. The molecule has 2 amide bonds. The van der Waals surface area contributed by atoms with Crippen molar-refractivity contribution in [2.45, 2.75) is 56.6 Å². The number of carbonyl (C=O) groups excluding carboxylic acids is 1. The number of nitrogens with one attached hydrogen (secondary N) is 1. The van der Waals surface area contributed by atoms with E-state index >= 15 is 0 Å². The molecule has 4 rings (SSSR count). The van der Waals surface area contributed by atoms with Crippen molar-refractivity contribution in [3.8, 4) is 0 Å². The fourth-order valence-electron chi connectivity index (χ4n) is 4.87. The molecule has 0 radical (unpaired) electrons. The van der Waals surface area contributed by atoms with E-state index in [9.17, 15) is 17.6 Å². The molecule has 1 heterocycles. The minimum absolute atomic E-state index is 0. The zero-order valence-corrected chi connectivity index (χ0v) is 21.0. The third kappa shape index (κ3) is 5.24. The van der Waals surface area contributed by atoms with Crippen molar-refractivity contribution in [2.24, 2.45) is 0 Å². The molecular weight excluding hydrogens is 420 g/mol. The summed E-state index contributed by atoms with van der Waals surface area (Å²) in [5, 5.41) is 2.07. The van der Waals surface area contributed by atoms with Gasteiger partial charge in [-0.1, -0.05) is 6.07 Å². The number of hydrogen-bond acceptors (Lipinski definition) is 4. The summed E-state index contributed by atoms with van der Waals surface area (Å²) in [4.78, 5) is 14.3. The Morgan fingerprint density at radius 1 is 1.14 bits per heavy atom. The molecule has 0 aromatic heterocycles. The van der Waals surface area contributed by atoms with Gasteiger partial charge in [0.2, 0.25) is 0 Å². The van der Waals surface area contributed by atoms with E-state index in [1.807, 2.05) is 0 Å². The predicted molar refractivity (Wildman–Crippen MR) is 107 cm³/mol. The van der Waals surface area contributed by atoms with Gasteiger partial charge in [-0.25, -0.2) is 12.8 Å². The minimum atomic E-state index is -3.93. The van der Waals surface area contributed by atoms with E-state index in [0.29, 0.717) is 19.4 Å². The number of nitrogens with zero attached hydrogens (tertiary/aromatic N) is 2. The molecular formula is C20H27FKN3O3S. The van der Waals surface area contributed by atoms with Crippen LogP contribution in [0.25, 0.3) is 4.72 Å². The van der Waals surface area contributed by atoms with Gasteiger partial charge >= 0.3 is 51.4 Å². The van der Waals surface area contributed by atoms with Crippen LogP contribution in [0.5, 0.6) is 0 Å². The van der Waals surface area contributed by atoms with Crippen LogP contribution in [-0.2, 0) is 35.7 Å². The van der Waals surface area contributed by atoms with Gasteiger partial charge in [0.05, 0.1) is 5.25 Å². The molecule has 1 N–H and O–H groups in total. The summed E-state index contributed by atoms with van der Waals surface area (Å²) >= 11 is 0. The molecule has 0 spiro atoms. The molecule has 1 saturated heterocycles. The summed E-state index contributed by atoms with van der Waals surface area (Å²) in [6.07, 6.45) is 7.07. The van der Waals surface area contributed by atoms with Crippen LogP contribution in [0.4, 0.5) is 14.9 Å². The molecule has 154 valence electrons. The molecule has 0 bridgehead atoms. The average Bonchev–Trinajstić information content (AvgIpc) is 3.30. The van der Waals surface area contributed by atoms with E-state index in [1.165, 1.54) is 11.1 Å². The van der Waals surface area contributed by atoms with Gasteiger partial charge < -0.3 is 10.0 Å². The van der Waals surface area contributed by atoms with E-state index in [1.54, 1.807) is 4.90 Å². The van der Waals surface area contributed by atoms with Crippen molar-refractivity contribution in [2.75, 3.05) is 31.6 Å². The molecule has 1 aromatic carbocycles. The first-order valence-corrected chi connectivity index (χ1v) is 11.7. The number of hydrogen-bond donors (Lipinski definition) is 1. The summed E-state index contributed by atoms with van der Waals surface area (Å²) in [7, 11) is -3.93.